The number of carbonyl (C=O) groups excluding carboxylic acids is 1. The molecule has 0 aliphatic carbocycles. The number of nitrogens with zero attached hydrogens (tertiary/aromatic N) is 2. The number of ether oxygens (including phenoxy) is 2. The number of likely N-dealkylation sites (tertiary alicyclic amines) is 1. The van der Waals surface area contributed by atoms with Gasteiger partial charge >= 0.3 is 0 Å². The molecule has 1 amide bonds. The molecular weight excluding hydrogens is 376 g/mol. The monoisotopic (exact) mass is 400 g/mol. The maximum atomic E-state index is 12.6. The number of pyridine rings is 1. The zero-order valence-corrected chi connectivity index (χ0v) is 16.6. The fraction of sp³-hybridized carbons (Fsp3) is 0.455. The highest BCUT2D eigenvalue weighted by Crippen LogP contribution is 2.36. The molecule has 1 spiro atoms. The van der Waals surface area contributed by atoms with E-state index < -0.39 is 0 Å². The van der Waals surface area contributed by atoms with Gasteiger partial charge in [0.1, 0.15) is 6.10 Å². The van der Waals surface area contributed by atoms with Crippen molar-refractivity contribution in [2.75, 3.05) is 19.7 Å². The van der Waals surface area contributed by atoms with E-state index in [9.17, 15) is 4.79 Å². The van der Waals surface area contributed by atoms with Gasteiger partial charge in [-0.15, -0.1) is 0 Å². The highest BCUT2D eigenvalue weighted by atomic mass is 35.5. The minimum atomic E-state index is -0.186. The lowest BCUT2D eigenvalue weighted by atomic mass is 9.83. The fourth-order valence-corrected chi connectivity index (χ4v) is 4.20. The molecule has 0 saturated carbocycles. The Morgan fingerprint density at radius 1 is 1.21 bits per heavy atom. The Morgan fingerprint density at radius 2 is 2.00 bits per heavy atom. The summed E-state index contributed by atoms with van der Waals surface area (Å²) < 4.78 is 12.2. The molecule has 2 aliphatic heterocycles. The minimum absolute atomic E-state index is 0.111. The van der Waals surface area contributed by atoms with E-state index in [1.54, 1.807) is 6.20 Å². The third kappa shape index (κ3) is 4.65. The molecule has 2 saturated heterocycles. The van der Waals surface area contributed by atoms with Crippen LogP contribution in [0, 0.1) is 0 Å². The van der Waals surface area contributed by atoms with Crippen molar-refractivity contribution >= 4 is 17.5 Å². The molecule has 0 radical (unpaired) electrons. The number of hydrogen-bond donors (Lipinski definition) is 0. The van der Waals surface area contributed by atoms with Crippen LogP contribution in [-0.2, 0) is 16.0 Å². The number of carbonyl (C=O) groups is 1. The summed E-state index contributed by atoms with van der Waals surface area (Å²) in [4.78, 5) is 18.9. The van der Waals surface area contributed by atoms with Gasteiger partial charge in [-0.2, -0.15) is 0 Å². The Bertz CT molecular complexity index is 789. The molecule has 0 N–H and O–H groups in total. The zero-order chi connectivity index (χ0) is 19.4. The van der Waals surface area contributed by atoms with Crippen molar-refractivity contribution in [1.82, 2.24) is 9.88 Å². The van der Waals surface area contributed by atoms with Crippen LogP contribution in [0.5, 0.6) is 5.88 Å². The summed E-state index contributed by atoms with van der Waals surface area (Å²) >= 11 is 5.92. The Morgan fingerprint density at radius 3 is 2.71 bits per heavy atom. The van der Waals surface area contributed by atoms with Gasteiger partial charge in [0.25, 0.3) is 0 Å². The summed E-state index contributed by atoms with van der Waals surface area (Å²) in [5, 5.41) is 0.688. The highest BCUT2D eigenvalue weighted by Gasteiger charge is 2.42. The first-order valence-corrected chi connectivity index (χ1v) is 10.2. The van der Waals surface area contributed by atoms with Crippen molar-refractivity contribution in [3.05, 3.63) is 59.2 Å². The predicted octanol–water partition coefficient (Wildman–Crippen LogP) is 3.90. The molecule has 2 aromatic rings. The summed E-state index contributed by atoms with van der Waals surface area (Å²) in [6.07, 6.45) is 5.69. The molecule has 4 rings (SSSR count). The van der Waals surface area contributed by atoms with Crippen molar-refractivity contribution in [2.24, 2.45) is 0 Å². The topological polar surface area (TPSA) is 51.7 Å². The number of piperidine rings is 1. The van der Waals surface area contributed by atoms with Crippen molar-refractivity contribution in [2.45, 2.75) is 43.8 Å². The number of benzene rings is 1. The van der Waals surface area contributed by atoms with Crippen molar-refractivity contribution in [3.63, 3.8) is 0 Å². The minimum Gasteiger partial charge on any atom is -0.474 e. The van der Waals surface area contributed by atoms with Crippen LogP contribution in [0.4, 0.5) is 0 Å². The SMILES string of the molecule is O=C(Cc1ccc(Cl)cc1)N1CCC2(CC1)CC(Oc1ccccn1)CCO2. The average Bonchev–Trinajstić information content (AvgIpc) is 2.71. The Kier molecular flexibility index (Phi) is 5.83. The summed E-state index contributed by atoms with van der Waals surface area (Å²) in [5.74, 6) is 0.828. The largest absolute Gasteiger partial charge is 0.474 e. The lowest BCUT2D eigenvalue weighted by molar-refractivity contribution is -0.151. The molecule has 6 heteroatoms. The van der Waals surface area contributed by atoms with Crippen LogP contribution in [0.3, 0.4) is 0 Å². The standard InChI is InChI=1S/C22H25ClN2O3/c23-18-6-4-17(5-7-18)15-21(26)25-12-9-22(10-13-25)16-19(8-14-27-22)28-20-3-1-2-11-24-20/h1-7,11,19H,8-10,12-16H2. The Hall–Kier alpha value is -2.11. The van der Waals surface area contributed by atoms with E-state index in [4.69, 9.17) is 21.1 Å². The van der Waals surface area contributed by atoms with Crippen LogP contribution in [-0.4, -0.2) is 47.2 Å². The van der Waals surface area contributed by atoms with Gasteiger partial charge < -0.3 is 14.4 Å². The quantitative estimate of drug-likeness (QED) is 0.781. The second-order valence-corrected chi connectivity index (χ2v) is 8.05. The van der Waals surface area contributed by atoms with E-state index in [1.165, 1.54) is 0 Å². The average molecular weight is 401 g/mol. The van der Waals surface area contributed by atoms with E-state index in [0.29, 0.717) is 23.9 Å². The van der Waals surface area contributed by atoms with Gasteiger partial charge in [-0.25, -0.2) is 4.98 Å². The van der Waals surface area contributed by atoms with Crippen LogP contribution in [0.15, 0.2) is 48.7 Å². The number of rotatable bonds is 4. The van der Waals surface area contributed by atoms with Crippen LogP contribution >= 0.6 is 11.6 Å². The van der Waals surface area contributed by atoms with E-state index in [-0.39, 0.29) is 17.6 Å². The third-order valence-corrected chi connectivity index (χ3v) is 5.92. The lowest BCUT2D eigenvalue weighted by Crippen LogP contribution is -2.52. The van der Waals surface area contributed by atoms with Crippen LogP contribution in [0.25, 0.3) is 0 Å². The van der Waals surface area contributed by atoms with Gasteiger partial charge in [-0.3, -0.25) is 4.79 Å². The van der Waals surface area contributed by atoms with Gasteiger partial charge in [-0.1, -0.05) is 29.8 Å². The Balaban J connectivity index is 1.31. The molecular formula is C22H25ClN2O3. The molecule has 5 nitrogen and oxygen atoms in total. The molecule has 1 aromatic heterocycles. The second-order valence-electron chi connectivity index (χ2n) is 7.62. The number of aromatic nitrogens is 1. The Labute approximate surface area is 170 Å². The van der Waals surface area contributed by atoms with Gasteiger partial charge in [0, 0.05) is 43.2 Å². The number of halogens is 1. The predicted molar refractivity (Wildman–Crippen MR) is 108 cm³/mol. The van der Waals surface area contributed by atoms with Gasteiger partial charge in [0.15, 0.2) is 0 Å². The smallest absolute Gasteiger partial charge is 0.226 e. The van der Waals surface area contributed by atoms with Crippen LogP contribution in [0.2, 0.25) is 5.02 Å². The maximum Gasteiger partial charge on any atom is 0.226 e. The molecule has 148 valence electrons. The summed E-state index contributed by atoms with van der Waals surface area (Å²) in [7, 11) is 0. The van der Waals surface area contributed by atoms with E-state index in [1.807, 2.05) is 47.4 Å². The lowest BCUT2D eigenvalue weighted by Gasteiger charge is -2.46. The second kappa shape index (κ2) is 8.50. The number of amides is 1. The van der Waals surface area contributed by atoms with E-state index >= 15 is 0 Å². The van der Waals surface area contributed by atoms with E-state index in [0.717, 1.165) is 44.3 Å². The molecule has 3 heterocycles. The normalized spacial score (nSPS) is 21.5. The fourth-order valence-electron chi connectivity index (χ4n) is 4.07. The first-order valence-electron chi connectivity index (χ1n) is 9.86. The molecule has 28 heavy (non-hydrogen) atoms. The molecule has 1 atom stereocenters. The summed E-state index contributed by atoms with van der Waals surface area (Å²) in [5.41, 5.74) is 0.807. The first kappa shape index (κ1) is 19.2. The molecule has 0 bridgehead atoms. The van der Waals surface area contributed by atoms with Gasteiger partial charge in [0.2, 0.25) is 11.8 Å². The molecule has 2 fully saturated rings. The van der Waals surface area contributed by atoms with E-state index in [2.05, 4.69) is 4.98 Å². The summed E-state index contributed by atoms with van der Waals surface area (Å²) in [6.45, 7) is 2.14. The summed E-state index contributed by atoms with van der Waals surface area (Å²) in [6, 6.07) is 13.2. The third-order valence-electron chi connectivity index (χ3n) is 5.67. The maximum absolute atomic E-state index is 12.6. The molecule has 1 unspecified atom stereocenters. The van der Waals surface area contributed by atoms with Gasteiger partial charge in [-0.05, 0) is 36.6 Å². The van der Waals surface area contributed by atoms with Crippen molar-refractivity contribution < 1.29 is 14.3 Å². The molecule has 2 aliphatic rings. The van der Waals surface area contributed by atoms with Crippen LogP contribution < -0.4 is 4.74 Å². The number of hydrogen-bond acceptors (Lipinski definition) is 4. The molecule has 1 aromatic carbocycles. The van der Waals surface area contributed by atoms with Gasteiger partial charge in [0.05, 0.1) is 18.6 Å². The first-order chi connectivity index (χ1) is 13.6. The van der Waals surface area contributed by atoms with Crippen LogP contribution in [0.1, 0.15) is 31.2 Å². The van der Waals surface area contributed by atoms with Crippen molar-refractivity contribution in [1.29, 1.82) is 0 Å². The zero-order valence-electron chi connectivity index (χ0n) is 15.9. The highest BCUT2D eigenvalue weighted by molar-refractivity contribution is 6.30. The van der Waals surface area contributed by atoms with Crippen molar-refractivity contribution in [3.8, 4) is 5.88 Å².